The highest BCUT2D eigenvalue weighted by Crippen LogP contribution is 2.52. The number of fused-ring (bicyclic) bond motifs is 2. The van der Waals surface area contributed by atoms with Crippen LogP contribution in [0.3, 0.4) is 0 Å². The summed E-state index contributed by atoms with van der Waals surface area (Å²) >= 11 is 9.55. The number of carbonyl (C=O) groups excluding carboxylic acids is 3. The van der Waals surface area contributed by atoms with Gasteiger partial charge in [0, 0.05) is 55.1 Å². The van der Waals surface area contributed by atoms with E-state index in [1.807, 2.05) is 48.3 Å². The molecule has 13 nitrogen and oxygen atoms in total. The zero-order valence-corrected chi connectivity index (χ0v) is 40.6. The van der Waals surface area contributed by atoms with Gasteiger partial charge in [0.2, 0.25) is 12.3 Å². The molecule has 2 unspecified atom stereocenters. The summed E-state index contributed by atoms with van der Waals surface area (Å²) in [7, 11) is 1.60. The van der Waals surface area contributed by atoms with Crippen molar-refractivity contribution in [3.05, 3.63) is 112 Å². The predicted molar refractivity (Wildman–Crippen MR) is 273 cm³/mol. The normalized spacial score (nSPS) is 17.5. The number of carbonyl (C=O) groups is 4. The molecule has 3 N–H and O–H groups in total. The number of aldehydes is 1. The van der Waals surface area contributed by atoms with E-state index in [0.717, 1.165) is 126 Å². The van der Waals surface area contributed by atoms with Gasteiger partial charge in [0.05, 0.1) is 10.6 Å². The highest BCUT2D eigenvalue weighted by Gasteiger charge is 2.52. The first-order chi connectivity index (χ1) is 33.0. The van der Waals surface area contributed by atoms with E-state index in [-0.39, 0.29) is 39.7 Å². The molecule has 0 radical (unpaired) electrons. The number of nitrogens with zero attached hydrogens (tertiary/aromatic N) is 4. The molecule has 3 aliphatic rings. The number of piperidine rings is 2. The van der Waals surface area contributed by atoms with Gasteiger partial charge in [-0.15, -0.1) is 17.9 Å². The number of thiophene rings is 1. The van der Waals surface area contributed by atoms with E-state index in [2.05, 4.69) is 69.7 Å². The van der Waals surface area contributed by atoms with Crippen LogP contribution in [0.4, 0.5) is 17.4 Å². The van der Waals surface area contributed by atoms with E-state index in [1.54, 1.807) is 18.0 Å². The number of amides is 2. The van der Waals surface area contributed by atoms with Crippen LogP contribution in [-0.2, 0) is 20.1 Å². The fourth-order valence-corrected chi connectivity index (χ4v) is 12.7. The molecule has 68 heavy (non-hydrogen) atoms. The lowest BCUT2D eigenvalue weighted by Crippen LogP contribution is -2.45. The lowest BCUT2D eigenvalue weighted by molar-refractivity contribution is -0.123. The number of nitrogens with one attached hydrogen (secondary N) is 2. The summed E-state index contributed by atoms with van der Waals surface area (Å²) in [6.45, 7) is 8.15. The van der Waals surface area contributed by atoms with Crippen LogP contribution in [0.2, 0.25) is 5.02 Å². The molecular formula is C52H55ClN6O7S2. The van der Waals surface area contributed by atoms with Gasteiger partial charge in [0.15, 0.2) is 22.5 Å². The van der Waals surface area contributed by atoms with Crippen LogP contribution < -0.4 is 25.2 Å². The van der Waals surface area contributed by atoms with Gasteiger partial charge < -0.3 is 34.7 Å². The Bertz CT molecular complexity index is 2870. The first-order valence-electron chi connectivity index (χ1n) is 23.2. The van der Waals surface area contributed by atoms with Crippen molar-refractivity contribution in [2.45, 2.75) is 87.6 Å². The number of oxazole rings is 1. The van der Waals surface area contributed by atoms with Crippen molar-refractivity contribution in [2.75, 3.05) is 48.4 Å². The topological polar surface area (TPSA) is 158 Å². The number of benzene rings is 4. The Kier molecular flexibility index (Phi) is 14.2. The first kappa shape index (κ1) is 47.2. The van der Waals surface area contributed by atoms with Gasteiger partial charge in [-0.05, 0) is 122 Å². The number of hydrogen-bond donors (Lipinski definition) is 3. The molecule has 2 aromatic heterocycles. The Balaban J connectivity index is 0.815. The maximum absolute atomic E-state index is 13.0. The molecule has 1 saturated carbocycles. The fourth-order valence-electron chi connectivity index (χ4n) is 10.1. The minimum Gasteiger partial charge on any atom is -0.483 e. The zero-order chi connectivity index (χ0) is 47.5. The van der Waals surface area contributed by atoms with E-state index in [0.29, 0.717) is 35.9 Å². The molecule has 6 aromatic rings. The minimum atomic E-state index is -1.15. The van der Waals surface area contributed by atoms with Gasteiger partial charge in [0.1, 0.15) is 23.2 Å². The lowest BCUT2D eigenvalue weighted by atomic mass is 9.85. The molecule has 2 saturated heterocycles. The highest BCUT2D eigenvalue weighted by molar-refractivity contribution is 7.96. The van der Waals surface area contributed by atoms with Crippen LogP contribution in [0, 0.1) is 6.92 Å². The van der Waals surface area contributed by atoms with Crippen molar-refractivity contribution >= 4 is 98.7 Å². The standard InChI is InChI=1S/C52H55ClN6O7S2/c1-4-5-12-42(49(62)54-3)58(31-61)41-15-14-38(39-11-6-8-32(2)44(39)41)34-17-22-57(23-18-34)51-56-40-27-33(13-16-43(40)66-51)30-67-59-24-19-37(29-52(59)20-21-52)55-36-10-7-9-35(28-36)47-45(53)46(65-26-25-60)48(68-47)50(63)64/h4,6-11,13-16,25,27-28,31,34,37,42,55H,1,5,12,17-24,26,29-30H2,2-3H3,(H,54,62)(H,63,64). The third kappa shape index (κ3) is 9.58. The van der Waals surface area contributed by atoms with Crippen LogP contribution in [0.5, 0.6) is 5.75 Å². The Morgan fingerprint density at radius 2 is 1.90 bits per heavy atom. The molecule has 16 heteroatoms. The molecule has 1 spiro atoms. The molecule has 2 amide bonds. The van der Waals surface area contributed by atoms with Crippen molar-refractivity contribution in [1.29, 1.82) is 0 Å². The van der Waals surface area contributed by atoms with Gasteiger partial charge in [-0.25, -0.2) is 9.10 Å². The van der Waals surface area contributed by atoms with Crippen molar-refractivity contribution < 1.29 is 33.4 Å². The Morgan fingerprint density at radius 3 is 2.63 bits per heavy atom. The molecule has 3 fully saturated rings. The molecule has 0 bridgehead atoms. The minimum absolute atomic E-state index is 0.0221. The van der Waals surface area contributed by atoms with E-state index < -0.39 is 12.0 Å². The summed E-state index contributed by atoms with van der Waals surface area (Å²) in [4.78, 5) is 57.9. The third-order valence-electron chi connectivity index (χ3n) is 13.7. The number of allylic oxidation sites excluding steroid dienone is 1. The van der Waals surface area contributed by atoms with Gasteiger partial charge >= 0.3 is 5.97 Å². The molecule has 1 aliphatic carbocycles. The second-order valence-electron chi connectivity index (χ2n) is 17.9. The lowest BCUT2D eigenvalue weighted by Gasteiger charge is -2.40. The molecule has 9 rings (SSSR count). The average molecular weight is 976 g/mol. The second-order valence-corrected chi connectivity index (χ2v) is 20.3. The molecule has 4 aromatic carbocycles. The second kappa shape index (κ2) is 20.4. The Hall–Kier alpha value is -5.87. The molecular weight excluding hydrogens is 920 g/mol. The summed E-state index contributed by atoms with van der Waals surface area (Å²) in [5, 5.41) is 18.5. The maximum Gasteiger partial charge on any atom is 0.349 e. The number of carboxylic acid groups (broad SMARTS) is 1. The van der Waals surface area contributed by atoms with E-state index in [9.17, 15) is 24.3 Å². The number of anilines is 3. The van der Waals surface area contributed by atoms with Crippen LogP contribution in [0.15, 0.2) is 89.9 Å². The summed E-state index contributed by atoms with van der Waals surface area (Å²) in [6, 6.07) is 24.9. The van der Waals surface area contributed by atoms with Crippen molar-refractivity contribution in [3.63, 3.8) is 0 Å². The van der Waals surface area contributed by atoms with Crippen LogP contribution in [-0.4, -0.2) is 89.9 Å². The summed E-state index contributed by atoms with van der Waals surface area (Å²) in [6.07, 6.45) is 10.3. The summed E-state index contributed by atoms with van der Waals surface area (Å²) in [5.41, 5.74) is 7.76. The van der Waals surface area contributed by atoms with E-state index in [1.165, 1.54) is 11.1 Å². The number of carboxylic acids is 1. The van der Waals surface area contributed by atoms with Gasteiger partial charge in [-0.3, -0.25) is 14.4 Å². The Morgan fingerprint density at radius 1 is 1.09 bits per heavy atom. The fraction of sp³-hybridized carbons (Fsp3) is 0.365. The summed E-state index contributed by atoms with van der Waals surface area (Å²) in [5.74, 6) is -0.196. The maximum atomic E-state index is 13.0. The van der Waals surface area contributed by atoms with Crippen molar-refractivity contribution in [2.24, 2.45) is 0 Å². The van der Waals surface area contributed by atoms with Crippen molar-refractivity contribution in [1.82, 2.24) is 14.6 Å². The predicted octanol–water partition coefficient (Wildman–Crippen LogP) is 10.6. The van der Waals surface area contributed by atoms with Gasteiger partial charge in [0.25, 0.3) is 6.01 Å². The van der Waals surface area contributed by atoms with E-state index >= 15 is 0 Å². The molecule has 4 heterocycles. The Labute approximate surface area is 409 Å². The SMILES string of the molecule is C=CCCC(C(=O)NC)N(C=O)c1ccc(C2CCN(c3nc4cc(CSN5CCC(Nc6cccc(-c7sc(C(=O)O)c(OCC=O)c7Cl)c6)CC56CC6)ccc4o3)CC2)c2cccc(C)c12. The number of ether oxygens (including phenoxy) is 1. The number of rotatable bonds is 19. The molecule has 354 valence electrons. The molecule has 2 aliphatic heterocycles. The summed E-state index contributed by atoms with van der Waals surface area (Å²) < 4.78 is 14.3. The van der Waals surface area contributed by atoms with E-state index in [4.69, 9.17) is 25.7 Å². The van der Waals surface area contributed by atoms with Crippen molar-refractivity contribution in [3.8, 4) is 16.2 Å². The van der Waals surface area contributed by atoms with Crippen LogP contribution in [0.1, 0.15) is 83.6 Å². The van der Waals surface area contributed by atoms with Gasteiger partial charge in [-0.1, -0.05) is 72.1 Å². The molecule has 2 atom stereocenters. The smallest absolute Gasteiger partial charge is 0.349 e. The number of likely N-dealkylation sites (N-methyl/N-ethyl adjacent to an activating group) is 1. The largest absolute Gasteiger partial charge is 0.483 e. The van der Waals surface area contributed by atoms with Crippen LogP contribution in [0.25, 0.3) is 32.3 Å². The van der Waals surface area contributed by atoms with Gasteiger partial charge in [-0.2, -0.15) is 4.98 Å². The van der Waals surface area contributed by atoms with Crippen LogP contribution >= 0.6 is 34.9 Å². The zero-order valence-electron chi connectivity index (χ0n) is 38.2. The number of aromatic nitrogens is 1. The monoisotopic (exact) mass is 974 g/mol. The highest BCUT2D eigenvalue weighted by atomic mass is 35.5. The third-order valence-corrected chi connectivity index (χ3v) is 16.7. The number of aryl methyl sites for hydroxylation is 1. The first-order valence-corrected chi connectivity index (χ1v) is 25.3. The average Bonchev–Trinajstić information content (AvgIpc) is 3.83. The number of halogens is 1. The quantitative estimate of drug-likeness (QED) is 0.0402. The number of hydrogen-bond acceptors (Lipinski definition) is 12. The number of aromatic carboxylic acids is 1.